The Morgan fingerprint density at radius 2 is 0.909 bits per heavy atom. The molecule has 5 rings (SSSR count). The SMILES string of the molecule is CCCCCC1c2cccc(c2)Cc2cccc(c2)Cc2cccc(c2)Cc2cccc1c2. The molecule has 4 aromatic rings. The highest BCUT2D eigenvalue weighted by Crippen LogP contribution is 2.32. The van der Waals surface area contributed by atoms with Gasteiger partial charge in [0.05, 0.1) is 0 Å². The second-order valence-corrected chi connectivity index (χ2v) is 9.71. The molecular formula is C33H34. The van der Waals surface area contributed by atoms with Crippen LogP contribution in [-0.4, -0.2) is 0 Å². The molecule has 0 aliphatic heterocycles. The Kier molecular flexibility index (Phi) is 6.72. The van der Waals surface area contributed by atoms with E-state index in [0.717, 1.165) is 19.3 Å². The van der Waals surface area contributed by atoms with Crippen LogP contribution in [0.5, 0.6) is 0 Å². The molecule has 0 N–H and O–H groups in total. The summed E-state index contributed by atoms with van der Waals surface area (Å²) < 4.78 is 0. The first-order chi connectivity index (χ1) is 16.3. The van der Waals surface area contributed by atoms with Gasteiger partial charge in [0.2, 0.25) is 0 Å². The molecular weight excluding hydrogens is 396 g/mol. The predicted octanol–water partition coefficient (Wildman–Crippen LogP) is 8.48. The third-order valence-electron chi connectivity index (χ3n) is 7.01. The van der Waals surface area contributed by atoms with Gasteiger partial charge in [0.1, 0.15) is 0 Å². The van der Waals surface area contributed by atoms with E-state index < -0.39 is 0 Å². The van der Waals surface area contributed by atoms with Crippen molar-refractivity contribution < 1.29 is 0 Å². The summed E-state index contributed by atoms with van der Waals surface area (Å²) in [5.74, 6) is 0.460. The van der Waals surface area contributed by atoms with Crippen molar-refractivity contribution in [1.29, 1.82) is 0 Å². The Morgan fingerprint density at radius 3 is 1.33 bits per heavy atom. The minimum Gasteiger partial charge on any atom is -0.0654 e. The molecule has 0 aromatic heterocycles. The standard InChI is InChI=1S/C33H34/c1-2-3-4-17-33-31-15-7-13-29(23-31)21-27-11-5-9-25(19-27)18-26-10-6-12-28(20-26)22-30-14-8-16-32(33)24-30/h5-16,19-20,23-24,33H,2-4,17-18,21-22H2,1H3. The number of hydrogen-bond acceptors (Lipinski definition) is 0. The molecule has 0 fully saturated rings. The number of fused-ring (bicyclic) bond motifs is 8. The van der Waals surface area contributed by atoms with E-state index in [2.05, 4.69) is 104 Å². The van der Waals surface area contributed by atoms with Gasteiger partial charge in [0.15, 0.2) is 0 Å². The zero-order valence-electron chi connectivity index (χ0n) is 19.8. The van der Waals surface area contributed by atoms with Gasteiger partial charge in [-0.2, -0.15) is 0 Å². The Hall–Kier alpha value is -3.12. The zero-order chi connectivity index (χ0) is 22.5. The molecule has 1 aliphatic carbocycles. The van der Waals surface area contributed by atoms with Crippen molar-refractivity contribution in [3.63, 3.8) is 0 Å². The van der Waals surface area contributed by atoms with Gasteiger partial charge >= 0.3 is 0 Å². The number of unbranched alkanes of at least 4 members (excludes halogenated alkanes) is 2. The second-order valence-electron chi connectivity index (χ2n) is 9.71. The average Bonchev–Trinajstić information content (AvgIpc) is 2.82. The van der Waals surface area contributed by atoms with Gasteiger partial charge in [0, 0.05) is 5.92 Å². The van der Waals surface area contributed by atoms with E-state index in [0.29, 0.717) is 5.92 Å². The number of rotatable bonds is 4. The van der Waals surface area contributed by atoms with Crippen LogP contribution in [0.4, 0.5) is 0 Å². The van der Waals surface area contributed by atoms with Gasteiger partial charge in [-0.15, -0.1) is 0 Å². The summed E-state index contributed by atoms with van der Waals surface area (Å²) in [6, 6.07) is 37.0. The van der Waals surface area contributed by atoms with E-state index in [1.807, 2.05) is 0 Å². The highest BCUT2D eigenvalue weighted by molar-refractivity contribution is 5.41. The largest absolute Gasteiger partial charge is 0.0654 e. The Labute approximate surface area is 199 Å². The van der Waals surface area contributed by atoms with Crippen molar-refractivity contribution in [2.75, 3.05) is 0 Å². The van der Waals surface area contributed by atoms with E-state index in [4.69, 9.17) is 0 Å². The van der Waals surface area contributed by atoms with Crippen molar-refractivity contribution in [3.8, 4) is 0 Å². The number of hydrogen-bond donors (Lipinski definition) is 0. The molecule has 0 saturated carbocycles. The minimum atomic E-state index is 0.460. The third kappa shape index (κ3) is 5.45. The van der Waals surface area contributed by atoms with Gasteiger partial charge < -0.3 is 0 Å². The van der Waals surface area contributed by atoms with Crippen LogP contribution in [0.15, 0.2) is 97.1 Å². The summed E-state index contributed by atoms with van der Waals surface area (Å²) in [6.07, 6.45) is 8.02. The normalized spacial score (nSPS) is 13.6. The summed E-state index contributed by atoms with van der Waals surface area (Å²) in [4.78, 5) is 0. The summed E-state index contributed by atoms with van der Waals surface area (Å²) in [5, 5.41) is 0. The Balaban J connectivity index is 1.60. The minimum absolute atomic E-state index is 0.460. The first-order valence-electron chi connectivity index (χ1n) is 12.6. The summed E-state index contributed by atoms with van der Waals surface area (Å²) >= 11 is 0. The molecule has 0 atom stereocenters. The summed E-state index contributed by atoms with van der Waals surface area (Å²) in [6.45, 7) is 2.29. The maximum absolute atomic E-state index is 2.46. The van der Waals surface area contributed by atoms with E-state index >= 15 is 0 Å². The predicted molar refractivity (Wildman–Crippen MR) is 140 cm³/mol. The molecule has 0 unspecified atom stereocenters. The monoisotopic (exact) mass is 430 g/mol. The molecule has 0 radical (unpaired) electrons. The van der Waals surface area contributed by atoms with Crippen molar-refractivity contribution in [3.05, 3.63) is 142 Å². The maximum Gasteiger partial charge on any atom is 0.00895 e. The quantitative estimate of drug-likeness (QED) is 0.285. The lowest BCUT2D eigenvalue weighted by Gasteiger charge is -2.20. The third-order valence-corrected chi connectivity index (χ3v) is 7.01. The van der Waals surface area contributed by atoms with Crippen LogP contribution in [0.3, 0.4) is 0 Å². The van der Waals surface area contributed by atoms with Gasteiger partial charge in [0.25, 0.3) is 0 Å². The van der Waals surface area contributed by atoms with Gasteiger partial charge in [-0.3, -0.25) is 0 Å². The van der Waals surface area contributed by atoms with Crippen LogP contribution in [0.2, 0.25) is 0 Å². The van der Waals surface area contributed by atoms with Crippen LogP contribution in [0.1, 0.15) is 83.0 Å². The van der Waals surface area contributed by atoms with Crippen LogP contribution >= 0.6 is 0 Å². The maximum atomic E-state index is 2.46. The zero-order valence-corrected chi connectivity index (χ0v) is 19.8. The van der Waals surface area contributed by atoms with Crippen LogP contribution in [0.25, 0.3) is 0 Å². The highest BCUT2D eigenvalue weighted by atomic mass is 14.2. The lowest BCUT2D eigenvalue weighted by molar-refractivity contribution is 0.618. The summed E-state index contributed by atoms with van der Waals surface area (Å²) in [7, 11) is 0. The van der Waals surface area contributed by atoms with E-state index in [1.165, 1.54) is 70.2 Å². The number of benzene rings is 4. The molecule has 0 nitrogen and oxygen atoms in total. The smallest absolute Gasteiger partial charge is 0.00895 e. The Bertz CT molecular complexity index is 1120. The van der Waals surface area contributed by atoms with E-state index in [9.17, 15) is 0 Å². The Morgan fingerprint density at radius 1 is 0.515 bits per heavy atom. The first-order valence-corrected chi connectivity index (χ1v) is 12.6. The first kappa shape index (κ1) is 21.7. The average molecular weight is 431 g/mol. The molecule has 0 heterocycles. The second kappa shape index (κ2) is 10.2. The van der Waals surface area contributed by atoms with Gasteiger partial charge in [-0.1, -0.05) is 123 Å². The lowest BCUT2D eigenvalue weighted by Crippen LogP contribution is -2.04. The fourth-order valence-corrected chi connectivity index (χ4v) is 5.37. The molecule has 4 aromatic carbocycles. The lowest BCUT2D eigenvalue weighted by atomic mass is 9.84. The van der Waals surface area contributed by atoms with E-state index in [-0.39, 0.29) is 0 Å². The molecule has 1 aliphatic rings. The van der Waals surface area contributed by atoms with Crippen molar-refractivity contribution >= 4 is 0 Å². The fourth-order valence-electron chi connectivity index (χ4n) is 5.37. The summed E-state index contributed by atoms with van der Waals surface area (Å²) in [5.41, 5.74) is 11.3. The molecule has 0 heteroatoms. The van der Waals surface area contributed by atoms with Crippen molar-refractivity contribution in [2.45, 2.75) is 57.8 Å². The van der Waals surface area contributed by atoms with Crippen LogP contribution in [0, 0.1) is 0 Å². The van der Waals surface area contributed by atoms with E-state index in [1.54, 1.807) is 0 Å². The van der Waals surface area contributed by atoms with Crippen molar-refractivity contribution in [1.82, 2.24) is 0 Å². The van der Waals surface area contributed by atoms with Crippen molar-refractivity contribution in [2.24, 2.45) is 0 Å². The molecule has 166 valence electrons. The molecule has 0 amide bonds. The highest BCUT2D eigenvalue weighted by Gasteiger charge is 2.16. The fraction of sp³-hybridized carbons (Fsp3) is 0.273. The molecule has 8 bridgehead atoms. The van der Waals surface area contributed by atoms with Crippen LogP contribution < -0.4 is 0 Å². The van der Waals surface area contributed by atoms with Gasteiger partial charge in [-0.25, -0.2) is 0 Å². The topological polar surface area (TPSA) is 0 Å². The molecule has 33 heavy (non-hydrogen) atoms. The molecule has 0 saturated heterocycles. The van der Waals surface area contributed by atoms with Gasteiger partial charge in [-0.05, 0) is 70.2 Å². The van der Waals surface area contributed by atoms with Crippen LogP contribution in [-0.2, 0) is 19.3 Å². The molecule has 0 spiro atoms.